The highest BCUT2D eigenvalue weighted by molar-refractivity contribution is 5.95. The molecule has 0 aromatic carbocycles. The highest BCUT2D eigenvalue weighted by Gasteiger charge is 2.12. The SMILES string of the molecule is Cn1ccc(C(=O)Cn2cc([N+](=O)[O-])ccc2=O)c1. The third kappa shape index (κ3) is 2.76. The first-order chi connectivity index (χ1) is 8.97. The van der Waals surface area contributed by atoms with Crippen LogP contribution in [-0.2, 0) is 13.6 Å². The molecule has 2 aromatic heterocycles. The van der Waals surface area contributed by atoms with E-state index in [-0.39, 0.29) is 18.0 Å². The summed E-state index contributed by atoms with van der Waals surface area (Å²) in [4.78, 5) is 33.5. The lowest BCUT2D eigenvalue weighted by Gasteiger charge is -2.03. The first kappa shape index (κ1) is 12.7. The number of carbonyl (C=O) groups excluding carboxylic acids is 1. The number of nitro groups is 1. The summed E-state index contributed by atoms with van der Waals surface area (Å²) >= 11 is 0. The monoisotopic (exact) mass is 261 g/mol. The van der Waals surface area contributed by atoms with Gasteiger partial charge in [-0.05, 0) is 6.07 Å². The molecule has 0 aliphatic carbocycles. The van der Waals surface area contributed by atoms with Crippen LogP contribution in [0.4, 0.5) is 5.69 Å². The van der Waals surface area contributed by atoms with Gasteiger partial charge in [0.25, 0.3) is 11.2 Å². The lowest BCUT2D eigenvalue weighted by atomic mass is 10.2. The molecule has 0 unspecified atom stereocenters. The van der Waals surface area contributed by atoms with Crippen molar-refractivity contribution in [2.75, 3.05) is 0 Å². The maximum absolute atomic E-state index is 11.9. The van der Waals surface area contributed by atoms with Crippen LogP contribution in [0.5, 0.6) is 0 Å². The van der Waals surface area contributed by atoms with E-state index in [2.05, 4.69) is 0 Å². The molecule has 7 nitrogen and oxygen atoms in total. The third-order valence-corrected chi connectivity index (χ3v) is 2.65. The number of aromatic nitrogens is 2. The van der Waals surface area contributed by atoms with Gasteiger partial charge in [-0.25, -0.2) is 0 Å². The first-order valence-electron chi connectivity index (χ1n) is 5.47. The Labute approximate surface area is 107 Å². The lowest BCUT2D eigenvalue weighted by Crippen LogP contribution is -2.23. The van der Waals surface area contributed by atoms with E-state index < -0.39 is 10.5 Å². The van der Waals surface area contributed by atoms with E-state index in [4.69, 9.17) is 0 Å². The smallest absolute Gasteiger partial charge is 0.285 e. The Balaban J connectivity index is 2.28. The fraction of sp³-hybridized carbons (Fsp3) is 0.167. The highest BCUT2D eigenvalue weighted by Crippen LogP contribution is 2.08. The van der Waals surface area contributed by atoms with Crippen LogP contribution in [0.15, 0.2) is 41.6 Å². The van der Waals surface area contributed by atoms with Gasteiger partial charge in [-0.15, -0.1) is 0 Å². The summed E-state index contributed by atoms with van der Waals surface area (Å²) < 4.78 is 2.75. The van der Waals surface area contributed by atoms with Crippen molar-refractivity contribution in [1.82, 2.24) is 9.13 Å². The zero-order valence-electron chi connectivity index (χ0n) is 10.1. The lowest BCUT2D eigenvalue weighted by molar-refractivity contribution is -0.385. The molecule has 7 heteroatoms. The number of aryl methyl sites for hydroxylation is 1. The molecule has 2 rings (SSSR count). The van der Waals surface area contributed by atoms with Crippen molar-refractivity contribution in [2.45, 2.75) is 6.54 Å². The molecule has 19 heavy (non-hydrogen) atoms. The number of ketones is 1. The standard InChI is InChI=1S/C12H11N3O4/c1-13-5-4-9(6-13)11(16)8-14-7-10(15(18)19)2-3-12(14)17/h2-7H,8H2,1H3. The molecule has 0 bridgehead atoms. The molecule has 0 fully saturated rings. The minimum atomic E-state index is -0.608. The Hall–Kier alpha value is -2.70. The molecule has 0 saturated carbocycles. The van der Waals surface area contributed by atoms with Crippen LogP contribution >= 0.6 is 0 Å². The van der Waals surface area contributed by atoms with Gasteiger partial charge in [0.1, 0.15) is 0 Å². The van der Waals surface area contributed by atoms with Gasteiger partial charge in [0.2, 0.25) is 0 Å². The Morgan fingerprint density at radius 2 is 2.05 bits per heavy atom. The molecule has 0 spiro atoms. The van der Waals surface area contributed by atoms with Crippen molar-refractivity contribution in [1.29, 1.82) is 0 Å². The zero-order valence-corrected chi connectivity index (χ0v) is 10.1. The second-order valence-corrected chi connectivity index (χ2v) is 4.10. The predicted octanol–water partition coefficient (Wildman–Crippen LogP) is 0.978. The van der Waals surface area contributed by atoms with Gasteiger partial charge >= 0.3 is 0 Å². The topological polar surface area (TPSA) is 87.1 Å². The van der Waals surface area contributed by atoms with Crippen molar-refractivity contribution in [3.8, 4) is 0 Å². The highest BCUT2D eigenvalue weighted by atomic mass is 16.6. The van der Waals surface area contributed by atoms with Crippen molar-refractivity contribution < 1.29 is 9.72 Å². The molecule has 0 saturated heterocycles. The van der Waals surface area contributed by atoms with Crippen LogP contribution in [0.2, 0.25) is 0 Å². The molecule has 2 aromatic rings. The molecule has 98 valence electrons. The fourth-order valence-electron chi connectivity index (χ4n) is 1.66. The second kappa shape index (κ2) is 4.89. The maximum Gasteiger partial charge on any atom is 0.285 e. The Morgan fingerprint density at radius 1 is 1.32 bits per heavy atom. The normalized spacial score (nSPS) is 10.4. The van der Waals surface area contributed by atoms with Gasteiger partial charge in [0, 0.05) is 37.1 Å². The first-order valence-corrected chi connectivity index (χ1v) is 5.47. The minimum Gasteiger partial charge on any atom is -0.357 e. The van der Waals surface area contributed by atoms with Crippen molar-refractivity contribution in [3.63, 3.8) is 0 Å². The summed E-state index contributed by atoms with van der Waals surface area (Å²) in [6, 6.07) is 3.83. The number of pyridine rings is 1. The summed E-state index contributed by atoms with van der Waals surface area (Å²) in [7, 11) is 1.77. The molecule has 0 amide bonds. The van der Waals surface area contributed by atoms with Crippen molar-refractivity contribution >= 4 is 11.5 Å². The number of nitrogens with zero attached hydrogens (tertiary/aromatic N) is 3. The molecular weight excluding hydrogens is 250 g/mol. The van der Waals surface area contributed by atoms with E-state index in [1.54, 1.807) is 30.1 Å². The molecular formula is C12H11N3O4. The summed E-state index contributed by atoms with van der Waals surface area (Å²) in [5.74, 6) is -0.275. The Morgan fingerprint density at radius 3 is 2.63 bits per heavy atom. The van der Waals surface area contributed by atoms with Crippen LogP contribution in [-0.4, -0.2) is 19.8 Å². The average Bonchev–Trinajstić information content (AvgIpc) is 2.78. The van der Waals surface area contributed by atoms with Gasteiger partial charge in [0.05, 0.1) is 17.7 Å². The summed E-state index contributed by atoms with van der Waals surface area (Å²) in [6.07, 6.45) is 4.41. The van der Waals surface area contributed by atoms with E-state index in [1.807, 2.05) is 0 Å². The number of Topliss-reactive ketones (excluding diaryl/α,β-unsaturated/α-hetero) is 1. The van der Waals surface area contributed by atoms with Gasteiger partial charge in [-0.1, -0.05) is 0 Å². The van der Waals surface area contributed by atoms with Gasteiger partial charge in [-0.3, -0.25) is 19.7 Å². The molecule has 0 N–H and O–H groups in total. The van der Waals surface area contributed by atoms with Crippen LogP contribution in [0.1, 0.15) is 10.4 Å². The van der Waals surface area contributed by atoms with Crippen LogP contribution < -0.4 is 5.56 Å². The van der Waals surface area contributed by atoms with Crippen molar-refractivity contribution in [2.24, 2.45) is 7.05 Å². The fourth-order valence-corrected chi connectivity index (χ4v) is 1.66. The average molecular weight is 261 g/mol. The molecule has 0 atom stereocenters. The summed E-state index contributed by atoms with van der Waals surface area (Å²) in [5, 5.41) is 10.6. The van der Waals surface area contributed by atoms with E-state index in [1.165, 1.54) is 0 Å². The predicted molar refractivity (Wildman–Crippen MR) is 67.1 cm³/mol. The van der Waals surface area contributed by atoms with E-state index in [0.29, 0.717) is 5.56 Å². The molecule has 0 aliphatic rings. The second-order valence-electron chi connectivity index (χ2n) is 4.10. The molecule has 0 aliphatic heterocycles. The summed E-state index contributed by atoms with van der Waals surface area (Å²) in [5.41, 5.74) is -0.212. The Kier molecular flexibility index (Phi) is 3.28. The quantitative estimate of drug-likeness (QED) is 0.466. The van der Waals surface area contributed by atoms with Gasteiger partial charge in [0.15, 0.2) is 5.78 Å². The molecule has 2 heterocycles. The van der Waals surface area contributed by atoms with E-state index in [0.717, 1.165) is 22.9 Å². The number of carbonyl (C=O) groups is 1. The van der Waals surface area contributed by atoms with Crippen LogP contribution in [0.3, 0.4) is 0 Å². The van der Waals surface area contributed by atoms with Gasteiger partial charge < -0.3 is 9.13 Å². The van der Waals surface area contributed by atoms with Crippen LogP contribution in [0, 0.1) is 10.1 Å². The Bertz CT molecular complexity index is 699. The maximum atomic E-state index is 11.9. The molecule has 0 radical (unpaired) electrons. The number of rotatable bonds is 4. The van der Waals surface area contributed by atoms with Crippen LogP contribution in [0.25, 0.3) is 0 Å². The van der Waals surface area contributed by atoms with Crippen molar-refractivity contribution in [3.05, 3.63) is 62.8 Å². The van der Waals surface area contributed by atoms with Gasteiger partial charge in [-0.2, -0.15) is 0 Å². The van der Waals surface area contributed by atoms with E-state index >= 15 is 0 Å². The zero-order chi connectivity index (χ0) is 14.0. The van der Waals surface area contributed by atoms with E-state index in [9.17, 15) is 19.7 Å². The number of hydrogen-bond acceptors (Lipinski definition) is 4. The largest absolute Gasteiger partial charge is 0.357 e. The third-order valence-electron chi connectivity index (χ3n) is 2.65. The minimum absolute atomic E-state index is 0.218. The number of hydrogen-bond donors (Lipinski definition) is 0. The summed E-state index contributed by atoms with van der Waals surface area (Å²) in [6.45, 7) is -0.218.